The van der Waals surface area contributed by atoms with E-state index in [1.54, 1.807) is 22.6 Å². The third-order valence-corrected chi connectivity index (χ3v) is 4.18. The van der Waals surface area contributed by atoms with Crippen LogP contribution in [0.3, 0.4) is 0 Å². The Labute approximate surface area is 95.6 Å². The summed E-state index contributed by atoms with van der Waals surface area (Å²) in [6, 6.07) is 0. The molecule has 6 heteroatoms. The van der Waals surface area contributed by atoms with E-state index in [1.165, 1.54) is 6.20 Å². The lowest BCUT2D eigenvalue weighted by Crippen LogP contribution is -1.99. The maximum absolute atomic E-state index is 12.3. The predicted molar refractivity (Wildman–Crippen MR) is 55.5 cm³/mol. The van der Waals surface area contributed by atoms with Crippen LogP contribution in [0.4, 0.5) is 8.78 Å². The van der Waals surface area contributed by atoms with Crippen LogP contribution >= 0.6 is 38.5 Å². The lowest BCUT2D eigenvalue weighted by Gasteiger charge is -2.07. The zero-order valence-electron chi connectivity index (χ0n) is 6.27. The fourth-order valence-electron chi connectivity index (χ4n) is 0.777. The molecule has 72 valence electrons. The summed E-state index contributed by atoms with van der Waals surface area (Å²) >= 11 is 4.89. The largest absolute Gasteiger partial charge is 0.392 e. The number of pyridine rings is 1. The Morgan fingerprint density at radius 3 is 2.69 bits per heavy atom. The number of aliphatic hydroxyl groups is 1. The van der Waals surface area contributed by atoms with Crippen LogP contribution in [0.25, 0.3) is 0 Å². The van der Waals surface area contributed by atoms with Gasteiger partial charge in [0.2, 0.25) is 0 Å². The van der Waals surface area contributed by atoms with Gasteiger partial charge in [0.05, 0.1) is 10.2 Å². The normalized spacial score (nSPS) is 10.9. The van der Waals surface area contributed by atoms with Crippen molar-refractivity contribution in [1.82, 2.24) is 4.98 Å². The topological polar surface area (TPSA) is 33.1 Å². The van der Waals surface area contributed by atoms with Crippen molar-refractivity contribution in [3.05, 3.63) is 25.5 Å². The van der Waals surface area contributed by atoms with E-state index in [0.29, 0.717) is 13.6 Å². The van der Waals surface area contributed by atoms with Crippen molar-refractivity contribution >= 4 is 38.5 Å². The third kappa shape index (κ3) is 2.35. The predicted octanol–water partition coefficient (Wildman–Crippen LogP) is 2.88. The van der Waals surface area contributed by atoms with Crippen molar-refractivity contribution < 1.29 is 13.9 Å². The van der Waals surface area contributed by atoms with E-state index >= 15 is 0 Å². The SMILES string of the molecule is OCc1cnc(C(F)F)c(I)c1Br. The molecule has 1 heterocycles. The summed E-state index contributed by atoms with van der Waals surface area (Å²) < 4.78 is 25.4. The molecule has 0 aliphatic heterocycles. The van der Waals surface area contributed by atoms with Gasteiger partial charge in [0, 0.05) is 16.2 Å². The fraction of sp³-hybridized carbons (Fsp3) is 0.286. The molecule has 0 fully saturated rings. The van der Waals surface area contributed by atoms with Crippen LogP contribution in [-0.2, 0) is 6.61 Å². The Morgan fingerprint density at radius 2 is 2.23 bits per heavy atom. The summed E-state index contributed by atoms with van der Waals surface area (Å²) in [5, 5.41) is 8.81. The second-order valence-corrected chi connectivity index (χ2v) is 4.13. The fourth-order valence-corrected chi connectivity index (χ4v) is 1.93. The summed E-state index contributed by atoms with van der Waals surface area (Å²) in [6.07, 6.45) is -1.34. The van der Waals surface area contributed by atoms with Gasteiger partial charge in [-0.2, -0.15) is 0 Å². The highest BCUT2D eigenvalue weighted by molar-refractivity contribution is 14.1. The van der Waals surface area contributed by atoms with Crippen LogP contribution in [0.15, 0.2) is 10.7 Å². The van der Waals surface area contributed by atoms with Crippen molar-refractivity contribution in [2.45, 2.75) is 13.0 Å². The molecule has 1 aromatic heterocycles. The first-order valence-electron chi connectivity index (χ1n) is 3.29. The van der Waals surface area contributed by atoms with Gasteiger partial charge in [0.25, 0.3) is 6.43 Å². The molecule has 0 atom stereocenters. The van der Waals surface area contributed by atoms with Gasteiger partial charge >= 0.3 is 0 Å². The van der Waals surface area contributed by atoms with Crippen molar-refractivity contribution in [1.29, 1.82) is 0 Å². The van der Waals surface area contributed by atoms with E-state index in [-0.39, 0.29) is 12.3 Å². The van der Waals surface area contributed by atoms with Gasteiger partial charge in [0.1, 0.15) is 5.69 Å². The first kappa shape index (κ1) is 11.3. The minimum atomic E-state index is -2.59. The monoisotopic (exact) mass is 363 g/mol. The Kier molecular flexibility index (Phi) is 3.99. The molecule has 1 aromatic rings. The number of rotatable bonds is 2. The molecule has 1 N–H and O–H groups in total. The summed E-state index contributed by atoms with van der Waals surface area (Å²) in [7, 11) is 0. The second kappa shape index (κ2) is 4.61. The second-order valence-electron chi connectivity index (χ2n) is 2.26. The number of alkyl halides is 2. The molecule has 0 bridgehead atoms. The molecule has 2 nitrogen and oxygen atoms in total. The highest BCUT2D eigenvalue weighted by atomic mass is 127. The number of aliphatic hydroxyl groups excluding tert-OH is 1. The third-order valence-electron chi connectivity index (χ3n) is 1.44. The van der Waals surface area contributed by atoms with Crippen LogP contribution in [0, 0.1) is 3.57 Å². The average Bonchev–Trinajstić information content (AvgIpc) is 2.09. The Balaban J connectivity index is 3.23. The Morgan fingerprint density at radius 1 is 1.62 bits per heavy atom. The average molecular weight is 364 g/mol. The van der Waals surface area contributed by atoms with Gasteiger partial charge < -0.3 is 5.11 Å². The molecule has 0 amide bonds. The zero-order chi connectivity index (χ0) is 10.0. The summed E-state index contributed by atoms with van der Waals surface area (Å²) in [5.74, 6) is 0. The van der Waals surface area contributed by atoms with Crippen molar-refractivity contribution in [2.75, 3.05) is 0 Å². The molecule has 0 aliphatic rings. The first-order chi connectivity index (χ1) is 6.07. The number of nitrogens with zero attached hydrogens (tertiary/aromatic N) is 1. The molecular formula is C7H5BrF2INO. The van der Waals surface area contributed by atoms with Crippen molar-refractivity contribution in [3.63, 3.8) is 0 Å². The summed E-state index contributed by atoms with van der Waals surface area (Å²) in [5.41, 5.74) is 0.249. The smallest absolute Gasteiger partial charge is 0.281 e. The molecule has 0 saturated heterocycles. The Hall–Kier alpha value is 0.180. The number of halogens is 4. The minimum Gasteiger partial charge on any atom is -0.392 e. The van der Waals surface area contributed by atoms with E-state index < -0.39 is 6.43 Å². The molecule has 0 radical (unpaired) electrons. The highest BCUT2D eigenvalue weighted by Crippen LogP contribution is 2.30. The van der Waals surface area contributed by atoms with Crippen LogP contribution in [-0.4, -0.2) is 10.1 Å². The molecule has 0 spiro atoms. The number of hydrogen-bond acceptors (Lipinski definition) is 2. The van der Waals surface area contributed by atoms with E-state index in [0.717, 1.165) is 0 Å². The van der Waals surface area contributed by atoms with Crippen LogP contribution < -0.4 is 0 Å². The standard InChI is InChI=1S/C7H5BrF2INO/c8-4-3(2-13)1-12-6(5(4)11)7(9)10/h1,7,13H,2H2. The maximum atomic E-state index is 12.3. The first-order valence-corrected chi connectivity index (χ1v) is 5.17. The highest BCUT2D eigenvalue weighted by Gasteiger charge is 2.17. The molecule has 0 aliphatic carbocycles. The van der Waals surface area contributed by atoms with Crippen LogP contribution in [0.1, 0.15) is 17.7 Å². The zero-order valence-corrected chi connectivity index (χ0v) is 10.0. The van der Waals surface area contributed by atoms with E-state index in [4.69, 9.17) is 5.11 Å². The lowest BCUT2D eigenvalue weighted by molar-refractivity contribution is 0.144. The van der Waals surface area contributed by atoms with Crippen molar-refractivity contribution in [2.24, 2.45) is 0 Å². The van der Waals surface area contributed by atoms with Gasteiger partial charge in [-0.1, -0.05) is 0 Å². The molecule has 0 aromatic carbocycles. The minimum absolute atomic E-state index is 0.215. The molecular weight excluding hydrogens is 359 g/mol. The van der Waals surface area contributed by atoms with Gasteiger partial charge in [-0.15, -0.1) is 0 Å². The van der Waals surface area contributed by atoms with Gasteiger partial charge in [0.15, 0.2) is 0 Å². The number of aromatic nitrogens is 1. The molecule has 13 heavy (non-hydrogen) atoms. The Bertz CT molecular complexity index is 322. The summed E-state index contributed by atoms with van der Waals surface area (Å²) in [6.45, 7) is -0.215. The van der Waals surface area contributed by atoms with Gasteiger partial charge in [-0.3, -0.25) is 4.98 Å². The molecule has 1 rings (SSSR count). The quantitative estimate of drug-likeness (QED) is 0.819. The van der Waals surface area contributed by atoms with Crippen LogP contribution in [0.5, 0.6) is 0 Å². The lowest BCUT2D eigenvalue weighted by atomic mass is 10.2. The van der Waals surface area contributed by atoms with Gasteiger partial charge in [-0.05, 0) is 38.5 Å². The van der Waals surface area contributed by atoms with E-state index in [2.05, 4.69) is 20.9 Å². The molecule has 0 saturated carbocycles. The van der Waals surface area contributed by atoms with Crippen LogP contribution in [0.2, 0.25) is 0 Å². The van der Waals surface area contributed by atoms with E-state index in [1.807, 2.05) is 0 Å². The number of hydrogen-bond donors (Lipinski definition) is 1. The van der Waals surface area contributed by atoms with Gasteiger partial charge in [-0.25, -0.2) is 8.78 Å². The molecule has 0 unspecified atom stereocenters. The van der Waals surface area contributed by atoms with E-state index in [9.17, 15) is 8.78 Å². The maximum Gasteiger partial charge on any atom is 0.281 e. The summed E-state index contributed by atoms with van der Waals surface area (Å²) in [4.78, 5) is 3.56. The van der Waals surface area contributed by atoms with Crippen molar-refractivity contribution in [3.8, 4) is 0 Å².